The number of amides is 1. The van der Waals surface area contributed by atoms with Crippen LogP contribution in [0.25, 0.3) is 6.08 Å². The average Bonchev–Trinajstić information content (AvgIpc) is 3.18. The fourth-order valence-corrected chi connectivity index (χ4v) is 2.63. The molecule has 2 aliphatic rings. The van der Waals surface area contributed by atoms with Gasteiger partial charge in [-0.2, -0.15) is 5.10 Å². The molecule has 1 N–H and O–H groups in total. The maximum atomic E-state index is 12.2. The van der Waals surface area contributed by atoms with Gasteiger partial charge >= 0.3 is 0 Å². The summed E-state index contributed by atoms with van der Waals surface area (Å²) in [6.07, 6.45) is 2.93. The maximum Gasteiger partial charge on any atom is 0.284 e. The Kier molecular flexibility index (Phi) is 4.65. The van der Waals surface area contributed by atoms with Gasteiger partial charge in [0, 0.05) is 0 Å². The molecule has 0 fully saturated rings. The molecule has 27 heavy (non-hydrogen) atoms. The van der Waals surface area contributed by atoms with Crippen molar-refractivity contribution in [3.05, 3.63) is 54.1 Å². The van der Waals surface area contributed by atoms with Crippen LogP contribution in [0.4, 0.5) is 0 Å². The lowest BCUT2D eigenvalue weighted by atomic mass is 10.2. The molecule has 138 valence electrons. The Morgan fingerprint density at radius 3 is 2.74 bits per heavy atom. The summed E-state index contributed by atoms with van der Waals surface area (Å²) in [7, 11) is 0. The van der Waals surface area contributed by atoms with Crippen LogP contribution in [-0.4, -0.2) is 31.1 Å². The number of para-hydroxylation sites is 2. The third-order valence-corrected chi connectivity index (χ3v) is 4.06. The predicted molar refractivity (Wildman–Crippen MR) is 99.2 cm³/mol. The highest BCUT2D eigenvalue weighted by Crippen LogP contribution is 2.33. The van der Waals surface area contributed by atoms with E-state index < -0.39 is 6.10 Å². The van der Waals surface area contributed by atoms with Crippen molar-refractivity contribution in [2.75, 3.05) is 13.4 Å². The predicted octanol–water partition coefficient (Wildman–Crippen LogP) is 2.76. The molecule has 2 heterocycles. The SMILES string of the molecule is CC(/C=C/c1ccc2c(c1)OCO2)=N/NC(=O)C1COc2ccccc2O1. The topological polar surface area (TPSA) is 78.4 Å². The normalized spacial score (nSPS) is 17.8. The van der Waals surface area contributed by atoms with Crippen molar-refractivity contribution in [3.63, 3.8) is 0 Å². The molecule has 2 aliphatic heterocycles. The first kappa shape index (κ1) is 17.0. The summed E-state index contributed by atoms with van der Waals surface area (Å²) in [6, 6.07) is 12.9. The Balaban J connectivity index is 1.34. The standard InChI is InChI=1S/C20H18N2O5/c1-13(6-7-14-8-9-16-18(10-14)26-12-25-16)21-22-20(23)19-11-24-15-4-2-3-5-17(15)27-19/h2-10,19H,11-12H2,1H3,(H,22,23)/b7-6+,21-13-. The maximum absolute atomic E-state index is 12.2. The van der Waals surface area contributed by atoms with E-state index in [1.807, 2.05) is 36.4 Å². The van der Waals surface area contributed by atoms with Gasteiger partial charge in [-0.25, -0.2) is 5.43 Å². The number of nitrogens with zero attached hydrogens (tertiary/aromatic N) is 1. The number of carbonyl (C=O) groups excluding carboxylic acids is 1. The van der Waals surface area contributed by atoms with Crippen molar-refractivity contribution in [1.29, 1.82) is 0 Å². The number of rotatable bonds is 4. The molecule has 2 aromatic carbocycles. The van der Waals surface area contributed by atoms with Crippen molar-refractivity contribution in [1.82, 2.24) is 5.43 Å². The second kappa shape index (κ2) is 7.41. The van der Waals surface area contributed by atoms with Gasteiger partial charge in [-0.1, -0.05) is 24.3 Å². The van der Waals surface area contributed by atoms with Gasteiger partial charge < -0.3 is 18.9 Å². The highest BCUT2D eigenvalue weighted by molar-refractivity contribution is 5.97. The van der Waals surface area contributed by atoms with Crippen LogP contribution in [-0.2, 0) is 4.79 Å². The van der Waals surface area contributed by atoms with Crippen molar-refractivity contribution >= 4 is 17.7 Å². The van der Waals surface area contributed by atoms with E-state index in [1.54, 1.807) is 25.1 Å². The molecule has 0 aromatic heterocycles. The zero-order chi connectivity index (χ0) is 18.6. The molecule has 7 nitrogen and oxygen atoms in total. The number of allylic oxidation sites excluding steroid dienone is 1. The number of hydrazone groups is 1. The van der Waals surface area contributed by atoms with Crippen LogP contribution in [0.3, 0.4) is 0 Å². The molecule has 4 rings (SSSR count). The molecule has 0 saturated heterocycles. The minimum Gasteiger partial charge on any atom is -0.485 e. The van der Waals surface area contributed by atoms with Gasteiger partial charge in [0.2, 0.25) is 12.9 Å². The van der Waals surface area contributed by atoms with Crippen LogP contribution >= 0.6 is 0 Å². The summed E-state index contributed by atoms with van der Waals surface area (Å²) in [5, 5.41) is 4.08. The van der Waals surface area contributed by atoms with Crippen molar-refractivity contribution in [2.24, 2.45) is 5.10 Å². The molecular formula is C20H18N2O5. The Bertz CT molecular complexity index is 922. The van der Waals surface area contributed by atoms with E-state index in [2.05, 4.69) is 10.5 Å². The lowest BCUT2D eigenvalue weighted by Gasteiger charge is -2.24. The quantitative estimate of drug-likeness (QED) is 0.665. The lowest BCUT2D eigenvalue weighted by molar-refractivity contribution is -0.130. The first-order valence-electron chi connectivity index (χ1n) is 8.49. The molecule has 0 aliphatic carbocycles. The van der Waals surface area contributed by atoms with Crippen LogP contribution in [0.1, 0.15) is 12.5 Å². The molecule has 1 unspecified atom stereocenters. The Hall–Kier alpha value is -3.48. The van der Waals surface area contributed by atoms with Crippen LogP contribution in [0, 0.1) is 0 Å². The van der Waals surface area contributed by atoms with E-state index in [9.17, 15) is 4.79 Å². The largest absolute Gasteiger partial charge is 0.485 e. The molecule has 1 amide bonds. The summed E-state index contributed by atoms with van der Waals surface area (Å²) < 4.78 is 21.8. The number of fused-ring (bicyclic) bond motifs is 2. The third-order valence-electron chi connectivity index (χ3n) is 4.06. The van der Waals surface area contributed by atoms with E-state index in [-0.39, 0.29) is 19.3 Å². The Labute approximate surface area is 156 Å². The first-order chi connectivity index (χ1) is 13.2. The Morgan fingerprint density at radius 1 is 1.07 bits per heavy atom. The van der Waals surface area contributed by atoms with E-state index >= 15 is 0 Å². The minimum absolute atomic E-state index is 0.143. The summed E-state index contributed by atoms with van der Waals surface area (Å²) in [6.45, 7) is 2.17. The second-order valence-corrected chi connectivity index (χ2v) is 6.04. The van der Waals surface area contributed by atoms with Crippen molar-refractivity contribution in [2.45, 2.75) is 13.0 Å². The van der Waals surface area contributed by atoms with Gasteiger partial charge in [-0.15, -0.1) is 0 Å². The van der Waals surface area contributed by atoms with Gasteiger partial charge in [-0.3, -0.25) is 4.79 Å². The van der Waals surface area contributed by atoms with Crippen LogP contribution in [0.2, 0.25) is 0 Å². The zero-order valence-corrected chi connectivity index (χ0v) is 14.7. The molecule has 7 heteroatoms. The van der Waals surface area contributed by atoms with Crippen molar-refractivity contribution in [3.8, 4) is 23.0 Å². The lowest BCUT2D eigenvalue weighted by Crippen LogP contribution is -2.42. The monoisotopic (exact) mass is 366 g/mol. The number of carbonyl (C=O) groups is 1. The smallest absolute Gasteiger partial charge is 0.284 e. The first-order valence-corrected chi connectivity index (χ1v) is 8.49. The number of nitrogens with one attached hydrogen (secondary N) is 1. The highest BCUT2D eigenvalue weighted by Gasteiger charge is 2.27. The fourth-order valence-electron chi connectivity index (χ4n) is 2.63. The fraction of sp³-hybridized carbons (Fsp3) is 0.200. The number of hydrogen-bond acceptors (Lipinski definition) is 6. The summed E-state index contributed by atoms with van der Waals surface area (Å²) in [5.74, 6) is 2.27. The van der Waals surface area contributed by atoms with E-state index in [4.69, 9.17) is 18.9 Å². The molecule has 1 atom stereocenters. The van der Waals surface area contributed by atoms with E-state index in [0.29, 0.717) is 17.2 Å². The second-order valence-electron chi connectivity index (χ2n) is 6.04. The van der Waals surface area contributed by atoms with Crippen LogP contribution in [0.15, 0.2) is 53.6 Å². The molecule has 0 spiro atoms. The van der Waals surface area contributed by atoms with Crippen LogP contribution < -0.4 is 24.4 Å². The average molecular weight is 366 g/mol. The zero-order valence-electron chi connectivity index (χ0n) is 14.7. The van der Waals surface area contributed by atoms with E-state index in [1.165, 1.54) is 0 Å². The number of ether oxygens (including phenoxy) is 4. The molecular weight excluding hydrogens is 348 g/mol. The number of hydrogen-bond donors (Lipinski definition) is 1. The summed E-state index contributed by atoms with van der Waals surface area (Å²) in [4.78, 5) is 12.2. The summed E-state index contributed by atoms with van der Waals surface area (Å²) in [5.41, 5.74) is 4.09. The van der Waals surface area contributed by atoms with Gasteiger partial charge in [0.15, 0.2) is 23.0 Å². The van der Waals surface area contributed by atoms with E-state index in [0.717, 1.165) is 17.1 Å². The van der Waals surface area contributed by atoms with Crippen molar-refractivity contribution < 1.29 is 23.7 Å². The van der Waals surface area contributed by atoms with Gasteiger partial charge in [0.1, 0.15) is 6.61 Å². The molecule has 0 bridgehead atoms. The molecule has 2 aromatic rings. The molecule has 0 saturated carbocycles. The minimum atomic E-state index is -0.741. The summed E-state index contributed by atoms with van der Waals surface area (Å²) >= 11 is 0. The Morgan fingerprint density at radius 2 is 1.85 bits per heavy atom. The van der Waals surface area contributed by atoms with Crippen LogP contribution in [0.5, 0.6) is 23.0 Å². The highest BCUT2D eigenvalue weighted by atomic mass is 16.7. The molecule has 0 radical (unpaired) electrons. The van der Waals surface area contributed by atoms with Gasteiger partial charge in [0.05, 0.1) is 5.71 Å². The third kappa shape index (κ3) is 3.87. The number of benzene rings is 2. The van der Waals surface area contributed by atoms with Gasteiger partial charge in [-0.05, 0) is 42.8 Å². The van der Waals surface area contributed by atoms with Gasteiger partial charge in [0.25, 0.3) is 5.91 Å².